The lowest BCUT2D eigenvalue weighted by Crippen LogP contribution is -2.30. The number of hydrogen-bond acceptors (Lipinski definition) is 5. The Labute approximate surface area is 91.1 Å². The molecule has 1 heterocycles. The lowest BCUT2D eigenvalue weighted by Gasteiger charge is -2.22. The van der Waals surface area contributed by atoms with Crippen molar-refractivity contribution in [3.63, 3.8) is 0 Å². The Hall–Kier alpha value is -0.790. The Balaban J connectivity index is 0.000000265. The monoisotopic (exact) mass is 238 g/mol. The van der Waals surface area contributed by atoms with Gasteiger partial charge in [0.05, 0.1) is 12.8 Å². The minimum absolute atomic E-state index is 0.0289. The lowest BCUT2D eigenvalue weighted by atomic mass is 10.5. The molecule has 0 bridgehead atoms. The Morgan fingerprint density at radius 3 is 1.80 bits per heavy atom. The molecule has 0 aliphatic carbocycles. The molecule has 0 aromatic carbocycles. The van der Waals surface area contributed by atoms with E-state index in [1.165, 1.54) is 6.92 Å². The second-order valence-corrected chi connectivity index (χ2v) is 4.19. The zero-order chi connectivity index (χ0) is 12.1. The molecule has 0 unspecified atom stereocenters. The van der Waals surface area contributed by atoms with Crippen LogP contribution in [0.5, 0.6) is 0 Å². The van der Waals surface area contributed by atoms with Gasteiger partial charge in [-0.25, -0.2) is 4.18 Å². The summed E-state index contributed by atoms with van der Waals surface area (Å²) in [5.74, 6) is 0. The molecule has 0 saturated heterocycles. The summed E-state index contributed by atoms with van der Waals surface area (Å²) in [6, 6.07) is 0. The average molecular weight is 238 g/mol. The summed E-state index contributed by atoms with van der Waals surface area (Å²) in [6.45, 7) is 3.60. The quantitative estimate of drug-likeness (QED) is 0.707. The van der Waals surface area contributed by atoms with E-state index in [9.17, 15) is 8.42 Å². The summed E-state index contributed by atoms with van der Waals surface area (Å²) in [6.07, 6.45) is 4.69. The van der Waals surface area contributed by atoms with E-state index in [0.717, 1.165) is 0 Å². The smallest absolute Gasteiger partial charge is 0.359 e. The van der Waals surface area contributed by atoms with Crippen molar-refractivity contribution in [2.45, 2.75) is 20.0 Å². The highest BCUT2D eigenvalue weighted by Gasteiger charge is 2.12. The first-order chi connectivity index (χ1) is 6.78. The fourth-order valence-corrected chi connectivity index (χ4v) is 1.19. The first-order valence-corrected chi connectivity index (χ1v) is 5.88. The maximum absolute atomic E-state index is 9.56. The van der Waals surface area contributed by atoms with E-state index in [0.29, 0.717) is 6.17 Å². The normalized spacial score (nSPS) is 16.6. The summed E-state index contributed by atoms with van der Waals surface area (Å²) in [4.78, 5) is 4.33. The van der Waals surface area contributed by atoms with Crippen LogP contribution < -0.4 is 0 Å². The van der Waals surface area contributed by atoms with Gasteiger partial charge in [0.15, 0.2) is 0 Å². The third-order valence-corrected chi connectivity index (χ3v) is 2.52. The van der Waals surface area contributed by atoms with Crippen molar-refractivity contribution in [3.05, 3.63) is 12.4 Å². The highest BCUT2D eigenvalue weighted by Crippen LogP contribution is 2.08. The van der Waals surface area contributed by atoms with Crippen molar-refractivity contribution in [3.8, 4) is 0 Å². The van der Waals surface area contributed by atoms with E-state index in [1.54, 1.807) is 0 Å². The molecule has 0 fully saturated rings. The molecule has 0 aromatic rings. The summed E-state index contributed by atoms with van der Waals surface area (Å²) in [5, 5.41) is 0. The highest BCUT2D eigenvalue weighted by molar-refractivity contribution is 7.80. The molecule has 0 spiro atoms. The molecule has 7 heteroatoms. The van der Waals surface area contributed by atoms with Crippen LogP contribution in [0.25, 0.3) is 0 Å². The molecule has 6 nitrogen and oxygen atoms in total. The van der Waals surface area contributed by atoms with E-state index in [1.807, 2.05) is 0 Å². The molecular weight excluding hydrogens is 220 g/mol. The van der Waals surface area contributed by atoms with Crippen LogP contribution in [0.15, 0.2) is 12.4 Å². The topological polar surface area (TPSA) is 70.1 Å². The maximum atomic E-state index is 9.56. The van der Waals surface area contributed by atoms with Gasteiger partial charge in [0, 0.05) is 26.5 Å². The zero-order valence-electron chi connectivity index (χ0n) is 9.41. The largest absolute Gasteiger partial charge is 0.397 e. The molecule has 15 heavy (non-hydrogen) atoms. The predicted molar refractivity (Wildman–Crippen MR) is 57.3 cm³/mol. The van der Waals surface area contributed by atoms with E-state index < -0.39 is 10.4 Å². The molecule has 0 atom stereocenters. The fourth-order valence-electron chi connectivity index (χ4n) is 0.896. The zero-order valence-corrected chi connectivity index (χ0v) is 10.2. The Morgan fingerprint density at radius 2 is 1.73 bits per heavy atom. The van der Waals surface area contributed by atoms with Crippen molar-refractivity contribution in [2.75, 3.05) is 20.7 Å². The van der Waals surface area contributed by atoms with Crippen molar-refractivity contribution in [2.24, 2.45) is 0 Å². The molecular formula is C8H18N2O4S. The molecule has 0 saturated carbocycles. The van der Waals surface area contributed by atoms with Crippen LogP contribution in [0.1, 0.15) is 13.8 Å². The van der Waals surface area contributed by atoms with Crippen LogP contribution in [0.2, 0.25) is 0 Å². The Morgan fingerprint density at radius 1 is 1.33 bits per heavy atom. The second kappa shape index (κ2) is 5.94. The number of hydrogen-bond donors (Lipinski definition) is 1. The van der Waals surface area contributed by atoms with Crippen molar-refractivity contribution >= 4 is 10.4 Å². The van der Waals surface area contributed by atoms with E-state index in [-0.39, 0.29) is 6.61 Å². The maximum Gasteiger partial charge on any atom is 0.397 e. The molecule has 0 aromatic heterocycles. The molecule has 0 radical (unpaired) electrons. The molecule has 1 aliphatic heterocycles. The molecule has 90 valence electrons. The summed E-state index contributed by atoms with van der Waals surface area (Å²) in [7, 11) is -0.0260. The van der Waals surface area contributed by atoms with Gasteiger partial charge in [-0.15, -0.1) is 0 Å². The van der Waals surface area contributed by atoms with Gasteiger partial charge in [-0.3, -0.25) is 4.55 Å². The molecule has 1 rings (SSSR count). The van der Waals surface area contributed by atoms with E-state index in [4.69, 9.17) is 4.55 Å². The number of nitrogens with zero attached hydrogens (tertiary/aromatic N) is 2. The SMILES string of the molecule is CC1N(C)C=CN1C.CCOS(=O)(=O)O. The lowest BCUT2D eigenvalue weighted by molar-refractivity contribution is 0.226. The number of rotatable bonds is 2. The fraction of sp³-hybridized carbons (Fsp3) is 0.750. The molecule has 1 N–H and O–H groups in total. The minimum atomic E-state index is -4.17. The van der Waals surface area contributed by atoms with Crippen LogP contribution in [-0.2, 0) is 14.6 Å². The van der Waals surface area contributed by atoms with Gasteiger partial charge in [0.2, 0.25) is 0 Å². The summed E-state index contributed by atoms with van der Waals surface area (Å²) >= 11 is 0. The second-order valence-electron chi connectivity index (χ2n) is 3.10. The van der Waals surface area contributed by atoms with Gasteiger partial charge in [-0.1, -0.05) is 0 Å². The Kier molecular flexibility index (Phi) is 5.63. The van der Waals surface area contributed by atoms with Crippen LogP contribution in [0.4, 0.5) is 0 Å². The van der Waals surface area contributed by atoms with E-state index >= 15 is 0 Å². The van der Waals surface area contributed by atoms with Gasteiger partial charge < -0.3 is 9.80 Å². The summed E-state index contributed by atoms with van der Waals surface area (Å²) in [5.41, 5.74) is 0. The van der Waals surface area contributed by atoms with Crippen molar-refractivity contribution < 1.29 is 17.2 Å². The van der Waals surface area contributed by atoms with Crippen LogP contribution in [0.3, 0.4) is 0 Å². The Bertz CT molecular complexity index is 290. The molecule has 0 amide bonds. The first kappa shape index (κ1) is 14.2. The third-order valence-electron chi connectivity index (χ3n) is 1.98. The first-order valence-electron chi connectivity index (χ1n) is 4.52. The van der Waals surface area contributed by atoms with Crippen molar-refractivity contribution in [1.82, 2.24) is 9.80 Å². The van der Waals surface area contributed by atoms with Crippen LogP contribution >= 0.6 is 0 Å². The summed E-state index contributed by atoms with van der Waals surface area (Å²) < 4.78 is 30.7. The van der Waals surface area contributed by atoms with Crippen LogP contribution in [0, 0.1) is 0 Å². The molecule has 1 aliphatic rings. The van der Waals surface area contributed by atoms with Crippen LogP contribution in [-0.4, -0.2) is 49.6 Å². The average Bonchev–Trinajstić information content (AvgIpc) is 2.35. The van der Waals surface area contributed by atoms with Gasteiger partial charge in [-0.2, -0.15) is 8.42 Å². The highest BCUT2D eigenvalue weighted by atomic mass is 32.3. The van der Waals surface area contributed by atoms with Gasteiger partial charge >= 0.3 is 10.4 Å². The third kappa shape index (κ3) is 6.32. The van der Waals surface area contributed by atoms with E-state index in [2.05, 4.69) is 47.4 Å². The van der Waals surface area contributed by atoms with Gasteiger partial charge in [-0.05, 0) is 13.8 Å². The van der Waals surface area contributed by atoms with Gasteiger partial charge in [0.25, 0.3) is 0 Å². The minimum Gasteiger partial charge on any atom is -0.359 e. The predicted octanol–water partition coefficient (Wildman–Crippen LogP) is 0.507. The van der Waals surface area contributed by atoms with Crippen molar-refractivity contribution in [1.29, 1.82) is 0 Å². The standard InChI is InChI=1S/C6H12N2.C2H6O4S/c1-6-7(2)4-5-8(6)3;1-2-6-7(3,4)5/h4-6H,1-3H3;2H2,1H3,(H,3,4,5). The van der Waals surface area contributed by atoms with Gasteiger partial charge in [0.1, 0.15) is 0 Å².